The first kappa shape index (κ1) is 14.1. The summed E-state index contributed by atoms with van der Waals surface area (Å²) in [5.41, 5.74) is 0.724. The van der Waals surface area contributed by atoms with Crippen LogP contribution in [0, 0.1) is 4.84 Å². The summed E-state index contributed by atoms with van der Waals surface area (Å²) in [4.78, 5) is 14.0. The lowest BCUT2D eigenvalue weighted by molar-refractivity contribution is -0.117. The van der Waals surface area contributed by atoms with Crippen molar-refractivity contribution < 1.29 is 13.9 Å². The second-order valence-electron chi connectivity index (χ2n) is 4.68. The Kier molecular flexibility index (Phi) is 3.69. The number of anilines is 1. The van der Waals surface area contributed by atoms with Crippen LogP contribution in [0.3, 0.4) is 0 Å². The van der Waals surface area contributed by atoms with Gasteiger partial charge in [0.15, 0.2) is 0 Å². The van der Waals surface area contributed by atoms with E-state index in [1.54, 1.807) is 30.2 Å². The molecule has 0 saturated carbocycles. The van der Waals surface area contributed by atoms with Crippen molar-refractivity contribution in [1.82, 2.24) is 10.2 Å². The van der Waals surface area contributed by atoms with Crippen LogP contribution in [-0.4, -0.2) is 29.8 Å². The van der Waals surface area contributed by atoms with Crippen molar-refractivity contribution in [2.75, 3.05) is 18.6 Å². The van der Waals surface area contributed by atoms with Crippen LogP contribution < -0.4 is 9.64 Å². The highest BCUT2D eigenvalue weighted by molar-refractivity contribution is 7.71. The number of hydrogen-bond donors (Lipinski definition) is 1. The van der Waals surface area contributed by atoms with Crippen LogP contribution in [0.1, 0.15) is 18.2 Å². The number of hydrogen-bond acceptors (Lipinski definition) is 5. The van der Waals surface area contributed by atoms with Gasteiger partial charge in [0.25, 0.3) is 4.84 Å². The number of nitrogens with zero attached hydrogens (tertiary/aromatic N) is 2. The topological polar surface area (TPSA) is 71.4 Å². The van der Waals surface area contributed by atoms with Gasteiger partial charge in [0.1, 0.15) is 5.75 Å². The summed E-state index contributed by atoms with van der Waals surface area (Å²) in [6.07, 6.45) is 0.326. The van der Waals surface area contributed by atoms with Gasteiger partial charge in [-0.2, -0.15) is 0 Å². The third kappa shape index (κ3) is 2.66. The highest BCUT2D eigenvalue weighted by Crippen LogP contribution is 2.34. The van der Waals surface area contributed by atoms with Crippen molar-refractivity contribution in [2.24, 2.45) is 0 Å². The van der Waals surface area contributed by atoms with E-state index in [0.717, 1.165) is 5.69 Å². The number of aromatic amines is 1. The Morgan fingerprint density at radius 2 is 2.38 bits per heavy atom. The first-order valence-electron chi connectivity index (χ1n) is 6.28. The molecule has 110 valence electrons. The Hall–Kier alpha value is -1.86. The lowest BCUT2D eigenvalue weighted by Crippen LogP contribution is -2.24. The maximum Gasteiger partial charge on any atom is 0.284 e. The van der Waals surface area contributed by atoms with Crippen LogP contribution in [0.5, 0.6) is 5.75 Å². The van der Waals surface area contributed by atoms with E-state index in [9.17, 15) is 4.79 Å². The SMILES string of the molecule is COc1ccc(N2CC(c3n[nH]c(=S)o3)CC2=O)cc1Cl. The number of methoxy groups -OCH3 is 1. The van der Waals surface area contributed by atoms with Gasteiger partial charge in [-0.25, -0.2) is 5.10 Å². The number of benzene rings is 1. The molecule has 3 rings (SSSR count). The zero-order chi connectivity index (χ0) is 15.0. The number of amides is 1. The Labute approximate surface area is 130 Å². The number of halogens is 1. The maximum absolute atomic E-state index is 12.2. The molecular formula is C13H12ClN3O3S. The number of aromatic nitrogens is 2. The zero-order valence-electron chi connectivity index (χ0n) is 11.1. The third-order valence-electron chi connectivity index (χ3n) is 3.38. The largest absolute Gasteiger partial charge is 0.495 e. The molecule has 1 unspecified atom stereocenters. The Balaban J connectivity index is 1.85. The number of carbonyl (C=O) groups is 1. The van der Waals surface area contributed by atoms with E-state index in [1.807, 2.05) is 0 Å². The molecule has 1 atom stereocenters. The van der Waals surface area contributed by atoms with E-state index < -0.39 is 0 Å². The second kappa shape index (κ2) is 5.50. The molecule has 1 aliphatic rings. The summed E-state index contributed by atoms with van der Waals surface area (Å²) < 4.78 is 10.4. The summed E-state index contributed by atoms with van der Waals surface area (Å²) in [6.45, 7) is 0.477. The minimum atomic E-state index is -0.119. The van der Waals surface area contributed by atoms with Gasteiger partial charge in [0.05, 0.1) is 18.1 Å². The first-order valence-corrected chi connectivity index (χ1v) is 7.06. The molecule has 1 amide bonds. The van der Waals surface area contributed by atoms with Gasteiger partial charge < -0.3 is 14.1 Å². The lowest BCUT2D eigenvalue weighted by atomic mass is 10.1. The zero-order valence-corrected chi connectivity index (χ0v) is 12.7. The Morgan fingerprint density at radius 3 is 3.00 bits per heavy atom. The number of rotatable bonds is 3. The fraction of sp³-hybridized carbons (Fsp3) is 0.308. The normalized spacial score (nSPS) is 18.3. The standard InChI is InChI=1S/C13H12ClN3O3S/c1-19-10-3-2-8(5-9(10)14)17-6-7(4-11(17)18)12-15-16-13(21)20-12/h2-3,5,7H,4,6H2,1H3,(H,16,21). The predicted octanol–water partition coefficient (Wildman–Crippen LogP) is 2.91. The molecule has 6 nitrogen and oxygen atoms in total. The molecule has 1 saturated heterocycles. The van der Waals surface area contributed by atoms with Crippen molar-refractivity contribution in [1.29, 1.82) is 0 Å². The van der Waals surface area contributed by atoms with Crippen molar-refractivity contribution in [3.05, 3.63) is 33.9 Å². The highest BCUT2D eigenvalue weighted by atomic mass is 35.5. The lowest BCUT2D eigenvalue weighted by Gasteiger charge is -2.17. The van der Waals surface area contributed by atoms with Crippen LogP contribution in [0.4, 0.5) is 5.69 Å². The monoisotopic (exact) mass is 325 g/mol. The van der Waals surface area contributed by atoms with Gasteiger partial charge in [-0.1, -0.05) is 11.6 Å². The van der Waals surface area contributed by atoms with Crippen LogP contribution >= 0.6 is 23.8 Å². The molecule has 0 bridgehead atoms. The van der Waals surface area contributed by atoms with E-state index in [2.05, 4.69) is 10.2 Å². The number of carbonyl (C=O) groups excluding carboxylic acids is 1. The number of nitrogens with one attached hydrogen (secondary N) is 1. The van der Waals surface area contributed by atoms with E-state index >= 15 is 0 Å². The first-order chi connectivity index (χ1) is 10.1. The van der Waals surface area contributed by atoms with Crippen LogP contribution in [0.2, 0.25) is 5.02 Å². The van der Waals surface area contributed by atoms with E-state index in [4.69, 9.17) is 33.0 Å². The van der Waals surface area contributed by atoms with Gasteiger partial charge in [-0.3, -0.25) is 4.79 Å². The summed E-state index contributed by atoms with van der Waals surface area (Å²) in [6, 6.07) is 5.24. The summed E-state index contributed by atoms with van der Waals surface area (Å²) >= 11 is 11.0. The van der Waals surface area contributed by atoms with Gasteiger partial charge in [0.2, 0.25) is 11.8 Å². The molecule has 0 radical (unpaired) electrons. The molecule has 0 spiro atoms. The van der Waals surface area contributed by atoms with Crippen LogP contribution in [0.15, 0.2) is 22.6 Å². The molecule has 1 fully saturated rings. The minimum absolute atomic E-state index is 0.00893. The fourth-order valence-corrected chi connectivity index (χ4v) is 2.74. The number of ether oxygens (including phenoxy) is 1. The van der Waals surface area contributed by atoms with Crippen LogP contribution in [0.25, 0.3) is 0 Å². The van der Waals surface area contributed by atoms with Gasteiger partial charge in [0, 0.05) is 18.7 Å². The number of H-pyrrole nitrogens is 1. The van der Waals surface area contributed by atoms with Crippen LogP contribution in [-0.2, 0) is 4.79 Å². The van der Waals surface area contributed by atoms with Crippen molar-refractivity contribution >= 4 is 35.4 Å². The van der Waals surface area contributed by atoms with E-state index in [1.165, 1.54) is 0 Å². The predicted molar refractivity (Wildman–Crippen MR) is 79.4 cm³/mol. The molecule has 8 heteroatoms. The average Bonchev–Trinajstić information content (AvgIpc) is 3.05. The second-order valence-corrected chi connectivity index (χ2v) is 5.45. The molecule has 0 aliphatic carbocycles. The smallest absolute Gasteiger partial charge is 0.284 e. The quantitative estimate of drug-likeness (QED) is 0.878. The minimum Gasteiger partial charge on any atom is -0.495 e. The molecule has 2 heterocycles. The molecule has 21 heavy (non-hydrogen) atoms. The fourth-order valence-electron chi connectivity index (χ4n) is 2.36. The van der Waals surface area contributed by atoms with Gasteiger partial charge in [-0.15, -0.1) is 5.10 Å². The van der Waals surface area contributed by atoms with Crippen molar-refractivity contribution in [2.45, 2.75) is 12.3 Å². The Bertz CT molecular complexity index is 742. The van der Waals surface area contributed by atoms with Crippen molar-refractivity contribution in [3.8, 4) is 5.75 Å². The molecule has 2 aromatic rings. The van der Waals surface area contributed by atoms with Crippen molar-refractivity contribution in [3.63, 3.8) is 0 Å². The molecular weight excluding hydrogens is 314 g/mol. The summed E-state index contributed by atoms with van der Waals surface area (Å²) in [5, 5.41) is 7.02. The summed E-state index contributed by atoms with van der Waals surface area (Å²) in [5.74, 6) is 0.897. The van der Waals surface area contributed by atoms with Gasteiger partial charge in [-0.05, 0) is 30.4 Å². The molecule has 1 N–H and O–H groups in total. The summed E-state index contributed by atoms with van der Waals surface area (Å²) in [7, 11) is 1.55. The van der Waals surface area contributed by atoms with Gasteiger partial charge >= 0.3 is 0 Å². The van der Waals surface area contributed by atoms with E-state index in [0.29, 0.717) is 29.6 Å². The average molecular weight is 326 g/mol. The maximum atomic E-state index is 12.2. The Morgan fingerprint density at radius 1 is 1.57 bits per heavy atom. The van der Waals surface area contributed by atoms with E-state index in [-0.39, 0.29) is 16.7 Å². The molecule has 1 aliphatic heterocycles. The molecule has 1 aromatic heterocycles. The highest BCUT2D eigenvalue weighted by Gasteiger charge is 2.34. The molecule has 1 aromatic carbocycles. The third-order valence-corrected chi connectivity index (χ3v) is 3.85.